The van der Waals surface area contributed by atoms with Crippen LogP contribution in [0.2, 0.25) is 5.02 Å². The van der Waals surface area contributed by atoms with Crippen molar-refractivity contribution in [1.29, 1.82) is 0 Å². The van der Waals surface area contributed by atoms with Gasteiger partial charge in [-0.1, -0.05) is 23.7 Å². The van der Waals surface area contributed by atoms with E-state index in [0.717, 1.165) is 18.7 Å². The number of benzene rings is 1. The van der Waals surface area contributed by atoms with Gasteiger partial charge >= 0.3 is 6.03 Å². The van der Waals surface area contributed by atoms with Gasteiger partial charge in [0.25, 0.3) is 0 Å². The van der Waals surface area contributed by atoms with E-state index in [4.69, 9.17) is 16.3 Å². The summed E-state index contributed by atoms with van der Waals surface area (Å²) < 4.78 is 5.39. The Hall–Kier alpha value is -1.63. The van der Waals surface area contributed by atoms with Gasteiger partial charge in [-0.05, 0) is 31.5 Å². The van der Waals surface area contributed by atoms with Crippen molar-refractivity contribution < 1.29 is 14.3 Å². The molecule has 0 N–H and O–H groups in total. The highest BCUT2D eigenvalue weighted by Crippen LogP contribution is 2.22. The third-order valence-corrected chi connectivity index (χ3v) is 5.08. The number of nitrogens with zero attached hydrogens (tertiary/aromatic N) is 3. The Kier molecular flexibility index (Phi) is 5.32. The number of halogens is 1. The van der Waals surface area contributed by atoms with Crippen molar-refractivity contribution in [3.05, 3.63) is 34.9 Å². The highest BCUT2D eigenvalue weighted by atomic mass is 35.5. The van der Waals surface area contributed by atoms with E-state index in [0.29, 0.717) is 31.3 Å². The molecule has 0 aliphatic carbocycles. The predicted molar refractivity (Wildman–Crippen MR) is 95.4 cm³/mol. The van der Waals surface area contributed by atoms with Crippen LogP contribution in [0.25, 0.3) is 0 Å². The van der Waals surface area contributed by atoms with Gasteiger partial charge in [-0.3, -0.25) is 14.6 Å². The number of morpholine rings is 1. The summed E-state index contributed by atoms with van der Waals surface area (Å²) in [4.78, 5) is 30.3. The molecule has 0 bridgehead atoms. The fourth-order valence-electron chi connectivity index (χ4n) is 3.34. The van der Waals surface area contributed by atoms with Crippen molar-refractivity contribution >= 4 is 23.5 Å². The maximum atomic E-state index is 12.7. The van der Waals surface area contributed by atoms with Crippen LogP contribution in [0.3, 0.4) is 0 Å². The topological polar surface area (TPSA) is 53.1 Å². The van der Waals surface area contributed by atoms with E-state index < -0.39 is 0 Å². The van der Waals surface area contributed by atoms with Crippen molar-refractivity contribution in [3.8, 4) is 0 Å². The molecule has 2 aliphatic rings. The number of imide groups is 1. The second-order valence-corrected chi connectivity index (χ2v) is 7.59. The number of amides is 3. The quantitative estimate of drug-likeness (QED) is 0.751. The molecule has 2 saturated heterocycles. The third-order valence-electron chi connectivity index (χ3n) is 4.83. The van der Waals surface area contributed by atoms with Gasteiger partial charge in [0.2, 0.25) is 5.91 Å². The van der Waals surface area contributed by atoms with Crippen molar-refractivity contribution in [2.45, 2.75) is 25.9 Å². The summed E-state index contributed by atoms with van der Waals surface area (Å²) in [5, 5.41) is 0.654. The molecule has 0 spiro atoms. The molecule has 3 rings (SSSR count). The molecule has 136 valence electrons. The fourth-order valence-corrected chi connectivity index (χ4v) is 3.46. The van der Waals surface area contributed by atoms with Crippen LogP contribution in [0, 0.1) is 0 Å². The molecule has 0 atom stereocenters. The van der Waals surface area contributed by atoms with Crippen LogP contribution in [0.5, 0.6) is 0 Å². The van der Waals surface area contributed by atoms with Crippen LogP contribution >= 0.6 is 11.6 Å². The summed E-state index contributed by atoms with van der Waals surface area (Å²) in [6, 6.07) is 7.11. The maximum Gasteiger partial charge on any atom is 0.327 e. The largest absolute Gasteiger partial charge is 0.379 e. The Morgan fingerprint density at radius 1 is 1.12 bits per heavy atom. The fraction of sp³-hybridized carbons (Fsp3) is 0.556. The lowest BCUT2D eigenvalue weighted by atomic mass is 10.0. The first-order valence-electron chi connectivity index (χ1n) is 8.53. The SMILES string of the molecule is CC(C)(CN1C(=O)CN(Cc2ccc(Cl)cc2)C1=O)N1CCOCC1. The Labute approximate surface area is 153 Å². The average Bonchev–Trinajstić information content (AvgIpc) is 2.85. The summed E-state index contributed by atoms with van der Waals surface area (Å²) >= 11 is 5.89. The summed E-state index contributed by atoms with van der Waals surface area (Å²) in [5.74, 6) is -0.139. The molecular formula is C18H24ClN3O3. The van der Waals surface area contributed by atoms with Crippen LogP contribution in [-0.4, -0.2) is 71.6 Å². The molecule has 3 amide bonds. The van der Waals surface area contributed by atoms with Crippen LogP contribution in [0.4, 0.5) is 4.79 Å². The molecule has 2 heterocycles. The molecule has 6 nitrogen and oxygen atoms in total. The monoisotopic (exact) mass is 365 g/mol. The first-order chi connectivity index (χ1) is 11.9. The smallest absolute Gasteiger partial charge is 0.327 e. The normalized spacial score (nSPS) is 19.8. The molecular weight excluding hydrogens is 342 g/mol. The van der Waals surface area contributed by atoms with E-state index in [1.54, 1.807) is 17.0 Å². The van der Waals surface area contributed by atoms with Gasteiger partial charge in [0.15, 0.2) is 0 Å². The highest BCUT2D eigenvalue weighted by molar-refractivity contribution is 6.30. The molecule has 0 saturated carbocycles. The number of carbonyl (C=O) groups excluding carboxylic acids is 2. The average molecular weight is 366 g/mol. The number of rotatable bonds is 5. The lowest BCUT2D eigenvalue weighted by molar-refractivity contribution is -0.127. The molecule has 7 heteroatoms. The van der Waals surface area contributed by atoms with Gasteiger partial charge in [-0.15, -0.1) is 0 Å². The van der Waals surface area contributed by atoms with Gasteiger partial charge in [-0.25, -0.2) is 4.79 Å². The number of carbonyl (C=O) groups is 2. The summed E-state index contributed by atoms with van der Waals surface area (Å²) in [6.45, 7) is 8.08. The first kappa shape index (κ1) is 18.2. The number of ether oxygens (including phenoxy) is 1. The Morgan fingerprint density at radius 2 is 1.76 bits per heavy atom. The Balaban J connectivity index is 1.65. The van der Waals surface area contributed by atoms with Crippen LogP contribution in [0.15, 0.2) is 24.3 Å². The molecule has 25 heavy (non-hydrogen) atoms. The third kappa shape index (κ3) is 4.14. The van der Waals surface area contributed by atoms with Crippen LogP contribution < -0.4 is 0 Å². The number of hydrogen-bond donors (Lipinski definition) is 0. The van der Waals surface area contributed by atoms with Gasteiger partial charge in [0, 0.05) is 36.7 Å². The number of hydrogen-bond acceptors (Lipinski definition) is 4. The zero-order valence-electron chi connectivity index (χ0n) is 14.7. The van der Waals surface area contributed by atoms with E-state index in [2.05, 4.69) is 18.7 Å². The van der Waals surface area contributed by atoms with Crippen molar-refractivity contribution in [2.75, 3.05) is 39.4 Å². The van der Waals surface area contributed by atoms with E-state index in [-0.39, 0.29) is 24.0 Å². The van der Waals surface area contributed by atoms with Gasteiger partial charge in [0.05, 0.1) is 13.2 Å². The summed E-state index contributed by atoms with van der Waals surface area (Å²) in [5.41, 5.74) is 0.686. The molecule has 1 aromatic carbocycles. The summed E-state index contributed by atoms with van der Waals surface area (Å²) in [6.07, 6.45) is 0. The van der Waals surface area contributed by atoms with E-state index in [9.17, 15) is 9.59 Å². The van der Waals surface area contributed by atoms with Gasteiger partial charge in [-0.2, -0.15) is 0 Å². The summed E-state index contributed by atoms with van der Waals surface area (Å²) in [7, 11) is 0. The molecule has 2 aliphatic heterocycles. The molecule has 0 radical (unpaired) electrons. The second kappa shape index (κ2) is 7.32. The standard InChI is InChI=1S/C18H24ClN3O3/c1-18(2,21-7-9-25-10-8-21)13-22-16(23)12-20(17(22)24)11-14-3-5-15(19)6-4-14/h3-6H,7-13H2,1-2H3. The van der Waals surface area contributed by atoms with Crippen molar-refractivity contribution in [1.82, 2.24) is 14.7 Å². The molecule has 1 aromatic rings. The molecule has 0 aromatic heterocycles. The molecule has 2 fully saturated rings. The van der Waals surface area contributed by atoms with Gasteiger partial charge < -0.3 is 9.64 Å². The zero-order chi connectivity index (χ0) is 18.0. The highest BCUT2D eigenvalue weighted by Gasteiger charge is 2.41. The van der Waals surface area contributed by atoms with E-state index in [1.807, 2.05) is 12.1 Å². The van der Waals surface area contributed by atoms with Crippen LogP contribution in [-0.2, 0) is 16.1 Å². The molecule has 0 unspecified atom stereocenters. The second-order valence-electron chi connectivity index (χ2n) is 7.16. The Morgan fingerprint density at radius 3 is 2.40 bits per heavy atom. The zero-order valence-corrected chi connectivity index (χ0v) is 15.5. The Bertz CT molecular complexity index is 641. The maximum absolute atomic E-state index is 12.7. The van der Waals surface area contributed by atoms with Crippen LogP contribution in [0.1, 0.15) is 19.4 Å². The lowest BCUT2D eigenvalue weighted by Crippen LogP contribution is -2.56. The van der Waals surface area contributed by atoms with Crippen molar-refractivity contribution in [3.63, 3.8) is 0 Å². The number of urea groups is 1. The lowest BCUT2D eigenvalue weighted by Gasteiger charge is -2.42. The predicted octanol–water partition coefficient (Wildman–Crippen LogP) is 2.21. The minimum atomic E-state index is -0.272. The van der Waals surface area contributed by atoms with Gasteiger partial charge in [0.1, 0.15) is 6.54 Å². The van der Waals surface area contributed by atoms with E-state index >= 15 is 0 Å². The first-order valence-corrected chi connectivity index (χ1v) is 8.91. The van der Waals surface area contributed by atoms with E-state index in [1.165, 1.54) is 4.90 Å². The minimum absolute atomic E-state index is 0.126. The van der Waals surface area contributed by atoms with Crippen molar-refractivity contribution in [2.24, 2.45) is 0 Å². The minimum Gasteiger partial charge on any atom is -0.379 e.